The number of imidazole rings is 1. The van der Waals surface area contributed by atoms with E-state index in [1.807, 2.05) is 6.07 Å². The third-order valence-electron chi connectivity index (χ3n) is 3.53. The van der Waals surface area contributed by atoms with Crippen LogP contribution in [0.15, 0.2) is 24.4 Å². The SMILES string of the molecule is COc1ccc(CC(O)Cn2c([N+](=O)[O-])cnc2C)cc1OC. The lowest BCUT2D eigenvalue weighted by Crippen LogP contribution is -2.20. The minimum Gasteiger partial charge on any atom is -0.493 e. The molecule has 1 heterocycles. The Labute approximate surface area is 133 Å². The lowest BCUT2D eigenvalue weighted by molar-refractivity contribution is -0.392. The Kier molecular flexibility index (Phi) is 5.17. The number of aliphatic hydroxyl groups excluding tert-OH is 1. The zero-order valence-electron chi connectivity index (χ0n) is 13.2. The van der Waals surface area contributed by atoms with E-state index < -0.39 is 11.0 Å². The Balaban J connectivity index is 2.12. The Morgan fingerprint density at radius 2 is 2.04 bits per heavy atom. The first-order chi connectivity index (χ1) is 11.0. The molecule has 0 saturated heterocycles. The van der Waals surface area contributed by atoms with E-state index in [0.29, 0.717) is 23.7 Å². The lowest BCUT2D eigenvalue weighted by Gasteiger charge is -2.13. The standard InChI is InChI=1S/C15H19N3O5/c1-10-16-8-15(18(20)21)17(10)9-12(19)6-11-4-5-13(22-2)14(7-11)23-3/h4-5,7-8,12,19H,6,9H2,1-3H3. The van der Waals surface area contributed by atoms with E-state index in [2.05, 4.69) is 4.98 Å². The highest BCUT2D eigenvalue weighted by Gasteiger charge is 2.21. The van der Waals surface area contributed by atoms with Crippen LogP contribution in [-0.4, -0.2) is 39.9 Å². The predicted octanol–water partition coefficient (Wildman–Crippen LogP) is 1.72. The molecule has 1 aromatic heterocycles. The van der Waals surface area contributed by atoms with Gasteiger partial charge < -0.3 is 24.7 Å². The minimum atomic E-state index is -0.792. The maximum absolute atomic E-state index is 11.0. The number of hydrogen-bond donors (Lipinski definition) is 1. The first-order valence-corrected chi connectivity index (χ1v) is 7.01. The second-order valence-electron chi connectivity index (χ2n) is 5.08. The molecule has 0 fully saturated rings. The van der Waals surface area contributed by atoms with Gasteiger partial charge in [0.2, 0.25) is 0 Å². The Morgan fingerprint density at radius 1 is 1.35 bits per heavy atom. The van der Waals surface area contributed by atoms with Crippen LogP contribution in [0.5, 0.6) is 11.5 Å². The van der Waals surface area contributed by atoms with Crippen molar-refractivity contribution in [1.29, 1.82) is 0 Å². The number of nitro groups is 1. The van der Waals surface area contributed by atoms with Crippen molar-refractivity contribution in [3.8, 4) is 11.5 Å². The van der Waals surface area contributed by atoms with Crippen molar-refractivity contribution in [2.24, 2.45) is 0 Å². The molecule has 0 bridgehead atoms. The summed E-state index contributed by atoms with van der Waals surface area (Å²) < 4.78 is 11.8. The van der Waals surface area contributed by atoms with Crippen LogP contribution in [0.3, 0.4) is 0 Å². The summed E-state index contributed by atoms with van der Waals surface area (Å²) in [6.45, 7) is 1.76. The van der Waals surface area contributed by atoms with Crippen LogP contribution in [0.2, 0.25) is 0 Å². The molecule has 2 aromatic rings. The quantitative estimate of drug-likeness (QED) is 0.615. The largest absolute Gasteiger partial charge is 0.493 e. The van der Waals surface area contributed by atoms with Gasteiger partial charge in [-0.25, -0.2) is 9.55 Å². The number of rotatable bonds is 7. The van der Waals surface area contributed by atoms with Crippen molar-refractivity contribution in [3.05, 3.63) is 45.9 Å². The number of aryl methyl sites for hydroxylation is 1. The van der Waals surface area contributed by atoms with Gasteiger partial charge in [0.05, 0.1) is 20.3 Å². The molecule has 1 N–H and O–H groups in total. The van der Waals surface area contributed by atoms with Crippen LogP contribution in [-0.2, 0) is 13.0 Å². The van der Waals surface area contributed by atoms with E-state index in [-0.39, 0.29) is 12.4 Å². The molecular weight excluding hydrogens is 302 g/mol. The molecule has 23 heavy (non-hydrogen) atoms. The monoisotopic (exact) mass is 321 g/mol. The average Bonchev–Trinajstić information content (AvgIpc) is 2.88. The molecule has 0 saturated carbocycles. The van der Waals surface area contributed by atoms with Gasteiger partial charge in [0.25, 0.3) is 0 Å². The van der Waals surface area contributed by atoms with E-state index >= 15 is 0 Å². The van der Waals surface area contributed by atoms with Crippen LogP contribution in [0.1, 0.15) is 11.4 Å². The normalized spacial score (nSPS) is 12.0. The molecule has 1 atom stereocenters. The predicted molar refractivity (Wildman–Crippen MR) is 82.9 cm³/mol. The highest BCUT2D eigenvalue weighted by atomic mass is 16.6. The molecule has 1 aromatic carbocycles. The van der Waals surface area contributed by atoms with Crippen LogP contribution in [0, 0.1) is 17.0 Å². The van der Waals surface area contributed by atoms with Crippen molar-refractivity contribution in [1.82, 2.24) is 9.55 Å². The highest BCUT2D eigenvalue weighted by molar-refractivity contribution is 5.43. The fraction of sp³-hybridized carbons (Fsp3) is 0.400. The summed E-state index contributed by atoms with van der Waals surface area (Å²) in [5, 5.41) is 21.2. The zero-order valence-corrected chi connectivity index (χ0v) is 13.2. The fourth-order valence-electron chi connectivity index (χ4n) is 2.38. The molecule has 0 aliphatic rings. The molecule has 0 amide bonds. The number of aromatic nitrogens is 2. The number of nitrogens with zero attached hydrogens (tertiary/aromatic N) is 3. The second kappa shape index (κ2) is 7.10. The molecule has 1 unspecified atom stereocenters. The summed E-state index contributed by atoms with van der Waals surface area (Å²) in [7, 11) is 3.09. The first kappa shape index (κ1) is 16.8. The van der Waals surface area contributed by atoms with Crippen LogP contribution in [0.4, 0.5) is 5.82 Å². The number of aliphatic hydroxyl groups is 1. The summed E-state index contributed by atoms with van der Waals surface area (Å²) in [5.74, 6) is 1.53. The van der Waals surface area contributed by atoms with E-state index in [1.165, 1.54) is 17.9 Å². The third-order valence-corrected chi connectivity index (χ3v) is 3.53. The molecule has 0 aliphatic carbocycles. The topological polar surface area (TPSA) is 99.7 Å². The number of hydrogen-bond acceptors (Lipinski definition) is 6. The molecule has 124 valence electrons. The highest BCUT2D eigenvalue weighted by Crippen LogP contribution is 2.28. The van der Waals surface area contributed by atoms with Gasteiger partial charge >= 0.3 is 5.82 Å². The van der Waals surface area contributed by atoms with Gasteiger partial charge in [0.1, 0.15) is 12.7 Å². The number of methoxy groups -OCH3 is 2. The van der Waals surface area contributed by atoms with Crippen molar-refractivity contribution >= 4 is 5.82 Å². The summed E-state index contributed by atoms with van der Waals surface area (Å²) in [6, 6.07) is 5.35. The smallest absolute Gasteiger partial charge is 0.342 e. The van der Waals surface area contributed by atoms with Gasteiger partial charge in [-0.2, -0.15) is 0 Å². The van der Waals surface area contributed by atoms with Crippen LogP contribution < -0.4 is 9.47 Å². The summed E-state index contributed by atoms with van der Waals surface area (Å²) >= 11 is 0. The van der Waals surface area contributed by atoms with E-state index in [0.717, 1.165) is 5.56 Å². The van der Waals surface area contributed by atoms with Gasteiger partial charge in [-0.1, -0.05) is 6.07 Å². The van der Waals surface area contributed by atoms with E-state index in [1.54, 1.807) is 26.2 Å². The van der Waals surface area contributed by atoms with Crippen LogP contribution in [0.25, 0.3) is 0 Å². The van der Waals surface area contributed by atoms with Crippen molar-refractivity contribution in [2.45, 2.75) is 26.0 Å². The molecule has 0 spiro atoms. The molecular formula is C15H19N3O5. The second-order valence-corrected chi connectivity index (χ2v) is 5.08. The maximum atomic E-state index is 11.0. The van der Waals surface area contributed by atoms with Gasteiger partial charge in [0.15, 0.2) is 17.3 Å². The van der Waals surface area contributed by atoms with Crippen molar-refractivity contribution in [3.63, 3.8) is 0 Å². The summed E-state index contributed by atoms with van der Waals surface area (Å²) in [4.78, 5) is 14.4. The van der Waals surface area contributed by atoms with Gasteiger partial charge in [-0.3, -0.25) is 0 Å². The molecule has 2 rings (SSSR count). The fourth-order valence-corrected chi connectivity index (χ4v) is 2.38. The average molecular weight is 321 g/mol. The number of ether oxygens (including phenoxy) is 2. The van der Waals surface area contributed by atoms with Crippen molar-refractivity contribution < 1.29 is 19.5 Å². The summed E-state index contributed by atoms with van der Waals surface area (Å²) in [5.41, 5.74) is 0.843. The number of benzene rings is 1. The summed E-state index contributed by atoms with van der Waals surface area (Å²) in [6.07, 6.45) is 0.729. The zero-order chi connectivity index (χ0) is 17.0. The van der Waals surface area contributed by atoms with Gasteiger partial charge in [-0.05, 0) is 22.6 Å². The first-order valence-electron chi connectivity index (χ1n) is 7.01. The molecule has 8 heteroatoms. The maximum Gasteiger partial charge on any atom is 0.342 e. The van der Waals surface area contributed by atoms with Gasteiger partial charge in [0, 0.05) is 13.3 Å². The Hall–Kier alpha value is -2.61. The third kappa shape index (κ3) is 3.78. The minimum absolute atomic E-state index is 0.0937. The van der Waals surface area contributed by atoms with Crippen LogP contribution >= 0.6 is 0 Å². The van der Waals surface area contributed by atoms with Crippen molar-refractivity contribution in [2.75, 3.05) is 14.2 Å². The lowest BCUT2D eigenvalue weighted by atomic mass is 10.1. The van der Waals surface area contributed by atoms with Gasteiger partial charge in [-0.15, -0.1) is 0 Å². The Morgan fingerprint density at radius 3 is 2.65 bits per heavy atom. The molecule has 0 radical (unpaired) electrons. The molecule has 0 aliphatic heterocycles. The van der Waals surface area contributed by atoms with E-state index in [4.69, 9.17) is 9.47 Å². The molecule has 8 nitrogen and oxygen atoms in total. The Bertz CT molecular complexity index is 698. The van der Waals surface area contributed by atoms with E-state index in [9.17, 15) is 15.2 Å².